The van der Waals surface area contributed by atoms with Crippen LogP contribution in [-0.4, -0.2) is 34.7 Å². The van der Waals surface area contributed by atoms with Gasteiger partial charge in [0.1, 0.15) is 11.6 Å². The minimum absolute atomic E-state index is 0.314. The first-order valence-corrected chi connectivity index (χ1v) is 8.41. The number of hydrogen-bond donors (Lipinski definition) is 1. The fraction of sp³-hybridized carbons (Fsp3) is 0.300. The fourth-order valence-electron chi connectivity index (χ4n) is 3.17. The highest BCUT2D eigenvalue weighted by atomic mass is 19.1. The molecule has 1 heterocycles. The molecule has 5 nitrogen and oxygen atoms in total. The summed E-state index contributed by atoms with van der Waals surface area (Å²) >= 11 is 0. The van der Waals surface area contributed by atoms with E-state index >= 15 is 0 Å². The van der Waals surface area contributed by atoms with Crippen LogP contribution in [0.15, 0.2) is 48.5 Å². The van der Waals surface area contributed by atoms with E-state index in [1.54, 1.807) is 6.07 Å². The van der Waals surface area contributed by atoms with E-state index in [1.807, 2.05) is 18.2 Å². The number of aliphatic carboxylic acids is 1. The molecular formula is C20H19FN2O3. The molecule has 0 radical (unpaired) electrons. The lowest BCUT2D eigenvalue weighted by Crippen LogP contribution is -2.53. The second kappa shape index (κ2) is 7.54. The largest absolute Gasteiger partial charge is 0.478 e. The van der Waals surface area contributed by atoms with Crippen LogP contribution < -0.4 is 4.74 Å². The number of likely N-dealkylation sites (tertiary alicyclic amines) is 1. The Morgan fingerprint density at radius 3 is 2.46 bits per heavy atom. The van der Waals surface area contributed by atoms with Gasteiger partial charge in [-0.3, -0.25) is 4.90 Å². The van der Waals surface area contributed by atoms with E-state index < -0.39 is 17.4 Å². The normalized spacial score (nSPS) is 16.6. The molecule has 6 heteroatoms. The lowest BCUT2D eigenvalue weighted by Gasteiger charge is -2.39. The Labute approximate surface area is 151 Å². The minimum Gasteiger partial charge on any atom is -0.478 e. The van der Waals surface area contributed by atoms with Gasteiger partial charge in [0.2, 0.25) is 5.60 Å². The molecule has 2 aromatic carbocycles. The smallest absolute Gasteiger partial charge is 0.348 e. The molecule has 0 aliphatic carbocycles. The minimum atomic E-state index is -1.32. The van der Waals surface area contributed by atoms with Crippen LogP contribution in [0, 0.1) is 17.1 Å². The van der Waals surface area contributed by atoms with E-state index in [2.05, 4.69) is 11.0 Å². The van der Waals surface area contributed by atoms with Gasteiger partial charge in [-0.25, -0.2) is 9.18 Å². The molecule has 0 saturated carbocycles. The summed E-state index contributed by atoms with van der Waals surface area (Å²) in [7, 11) is 0. The topological polar surface area (TPSA) is 73.6 Å². The third-order valence-corrected chi connectivity index (χ3v) is 4.71. The van der Waals surface area contributed by atoms with Crippen LogP contribution >= 0.6 is 0 Å². The molecule has 3 rings (SSSR count). The number of carbonyl (C=O) groups is 1. The summed E-state index contributed by atoms with van der Waals surface area (Å²) in [6, 6.07) is 15.0. The molecule has 0 amide bonds. The molecule has 26 heavy (non-hydrogen) atoms. The number of nitriles is 1. The van der Waals surface area contributed by atoms with Gasteiger partial charge >= 0.3 is 5.97 Å². The maximum atomic E-state index is 13.0. The SMILES string of the molecule is N#Cc1ccccc1CN1CCC(Oc2ccc(F)cc2)(C(=O)O)CC1. The van der Waals surface area contributed by atoms with Crippen molar-refractivity contribution in [1.29, 1.82) is 5.26 Å². The van der Waals surface area contributed by atoms with Crippen molar-refractivity contribution < 1.29 is 19.0 Å². The number of hydrogen-bond acceptors (Lipinski definition) is 4. The number of piperidine rings is 1. The molecule has 1 N–H and O–H groups in total. The third-order valence-electron chi connectivity index (χ3n) is 4.71. The zero-order chi connectivity index (χ0) is 18.6. The summed E-state index contributed by atoms with van der Waals surface area (Å²) in [6.07, 6.45) is 0.628. The summed E-state index contributed by atoms with van der Waals surface area (Å²) < 4.78 is 18.8. The third kappa shape index (κ3) is 3.84. The number of ether oxygens (including phenoxy) is 1. The average molecular weight is 354 g/mol. The van der Waals surface area contributed by atoms with Gasteiger partial charge in [0, 0.05) is 32.5 Å². The monoisotopic (exact) mass is 354 g/mol. The first-order chi connectivity index (χ1) is 12.5. The van der Waals surface area contributed by atoms with E-state index in [9.17, 15) is 19.6 Å². The Morgan fingerprint density at radius 2 is 1.85 bits per heavy atom. The van der Waals surface area contributed by atoms with Crippen molar-refractivity contribution in [3.8, 4) is 11.8 Å². The number of carboxylic acids is 1. The zero-order valence-corrected chi connectivity index (χ0v) is 14.2. The number of carboxylic acid groups (broad SMARTS) is 1. The maximum absolute atomic E-state index is 13.0. The summed E-state index contributed by atoms with van der Waals surface area (Å²) in [5, 5.41) is 18.9. The molecule has 1 aliphatic heterocycles. The van der Waals surface area contributed by atoms with Gasteiger partial charge in [0.15, 0.2) is 0 Å². The van der Waals surface area contributed by atoms with Gasteiger partial charge in [-0.2, -0.15) is 5.26 Å². The Kier molecular flexibility index (Phi) is 5.19. The average Bonchev–Trinajstić information content (AvgIpc) is 2.65. The molecular weight excluding hydrogens is 335 g/mol. The van der Waals surface area contributed by atoms with E-state index in [-0.39, 0.29) is 0 Å². The Hall–Kier alpha value is -2.91. The van der Waals surface area contributed by atoms with Crippen molar-refractivity contribution >= 4 is 5.97 Å². The Morgan fingerprint density at radius 1 is 1.19 bits per heavy atom. The molecule has 0 aromatic heterocycles. The zero-order valence-electron chi connectivity index (χ0n) is 14.2. The number of halogens is 1. The van der Waals surface area contributed by atoms with Crippen molar-refractivity contribution in [3.63, 3.8) is 0 Å². The number of rotatable bonds is 5. The summed E-state index contributed by atoms with van der Waals surface area (Å²) in [6.45, 7) is 1.66. The van der Waals surface area contributed by atoms with Crippen LogP contribution in [-0.2, 0) is 11.3 Å². The van der Waals surface area contributed by atoms with E-state index in [0.717, 1.165) is 5.56 Å². The number of benzene rings is 2. The molecule has 1 aliphatic rings. The van der Waals surface area contributed by atoms with Crippen LogP contribution in [0.3, 0.4) is 0 Å². The second-order valence-corrected chi connectivity index (χ2v) is 6.40. The highest BCUT2D eigenvalue weighted by molar-refractivity contribution is 5.78. The van der Waals surface area contributed by atoms with Gasteiger partial charge in [0.05, 0.1) is 11.6 Å². The van der Waals surface area contributed by atoms with Crippen molar-refractivity contribution in [1.82, 2.24) is 4.90 Å². The standard InChI is InChI=1S/C20H19FN2O3/c21-17-5-7-18(8-6-17)26-20(19(24)25)9-11-23(12-10-20)14-16-4-2-1-3-15(16)13-22/h1-8H,9-12,14H2,(H,24,25). The predicted octanol–water partition coefficient (Wildman–Crippen LogP) is 3.20. The van der Waals surface area contributed by atoms with Crippen molar-refractivity contribution in [3.05, 3.63) is 65.5 Å². The maximum Gasteiger partial charge on any atom is 0.348 e. The van der Waals surface area contributed by atoms with Gasteiger partial charge in [-0.15, -0.1) is 0 Å². The van der Waals surface area contributed by atoms with Crippen molar-refractivity contribution in [2.45, 2.75) is 25.0 Å². The van der Waals surface area contributed by atoms with Crippen LogP contribution in [0.25, 0.3) is 0 Å². The molecule has 0 spiro atoms. The van der Waals surface area contributed by atoms with Gasteiger partial charge in [-0.05, 0) is 35.9 Å². The molecule has 0 atom stereocenters. The van der Waals surface area contributed by atoms with E-state index in [4.69, 9.17) is 4.74 Å². The van der Waals surface area contributed by atoms with Gasteiger partial charge in [-0.1, -0.05) is 18.2 Å². The lowest BCUT2D eigenvalue weighted by atomic mass is 9.90. The quantitative estimate of drug-likeness (QED) is 0.893. The highest BCUT2D eigenvalue weighted by Gasteiger charge is 2.44. The Bertz CT molecular complexity index is 822. The van der Waals surface area contributed by atoms with Crippen molar-refractivity contribution in [2.24, 2.45) is 0 Å². The Balaban J connectivity index is 1.68. The molecule has 0 unspecified atom stereocenters. The second-order valence-electron chi connectivity index (χ2n) is 6.40. The van der Waals surface area contributed by atoms with Crippen LogP contribution in [0.1, 0.15) is 24.0 Å². The van der Waals surface area contributed by atoms with Crippen LogP contribution in [0.4, 0.5) is 4.39 Å². The van der Waals surface area contributed by atoms with Crippen LogP contribution in [0.5, 0.6) is 5.75 Å². The summed E-state index contributed by atoms with van der Waals surface area (Å²) in [5.41, 5.74) is 0.241. The van der Waals surface area contributed by atoms with E-state index in [0.29, 0.717) is 43.8 Å². The highest BCUT2D eigenvalue weighted by Crippen LogP contribution is 2.30. The predicted molar refractivity (Wildman–Crippen MR) is 93.1 cm³/mol. The number of nitrogens with zero attached hydrogens (tertiary/aromatic N) is 2. The first-order valence-electron chi connectivity index (χ1n) is 8.41. The van der Waals surface area contributed by atoms with Crippen molar-refractivity contribution in [2.75, 3.05) is 13.1 Å². The molecule has 1 fully saturated rings. The first kappa shape index (κ1) is 17.9. The van der Waals surface area contributed by atoms with Crippen LogP contribution in [0.2, 0.25) is 0 Å². The summed E-state index contributed by atoms with van der Waals surface area (Å²) in [4.78, 5) is 14.0. The lowest BCUT2D eigenvalue weighted by molar-refractivity contribution is -0.159. The van der Waals surface area contributed by atoms with E-state index in [1.165, 1.54) is 24.3 Å². The van der Waals surface area contributed by atoms with Gasteiger partial charge in [0.25, 0.3) is 0 Å². The molecule has 134 valence electrons. The summed E-state index contributed by atoms with van der Waals surface area (Å²) in [5.74, 6) is -1.07. The fourth-order valence-corrected chi connectivity index (χ4v) is 3.17. The molecule has 1 saturated heterocycles. The molecule has 0 bridgehead atoms. The van der Waals surface area contributed by atoms with Gasteiger partial charge < -0.3 is 9.84 Å². The molecule has 2 aromatic rings.